The number of carbonyl (C=O) groups excluding carboxylic acids is 1. The van der Waals surface area contributed by atoms with Crippen LogP contribution in [-0.4, -0.2) is 49.1 Å². The number of carbonyl (C=O) groups is 1. The Balaban J connectivity index is 1.83. The monoisotopic (exact) mass is 263 g/mol. The number of terminal acetylenes is 1. The minimum absolute atomic E-state index is 0.0644. The molecule has 0 aromatic heterocycles. The van der Waals surface area contributed by atoms with Crippen molar-refractivity contribution in [2.75, 3.05) is 32.7 Å². The molecule has 0 spiro atoms. The van der Waals surface area contributed by atoms with Gasteiger partial charge in [0.25, 0.3) is 0 Å². The summed E-state index contributed by atoms with van der Waals surface area (Å²) in [6.07, 6.45) is 7.13. The van der Waals surface area contributed by atoms with E-state index in [2.05, 4.69) is 21.5 Å². The smallest absolute Gasteiger partial charge is 0.235 e. The summed E-state index contributed by atoms with van der Waals surface area (Å²) in [5, 5.41) is 6.45. The van der Waals surface area contributed by atoms with E-state index in [-0.39, 0.29) is 5.91 Å². The summed E-state index contributed by atoms with van der Waals surface area (Å²) < 4.78 is 0. The fraction of sp³-hybridized carbons (Fsp3) is 0.800. The van der Waals surface area contributed by atoms with Crippen molar-refractivity contribution in [1.29, 1.82) is 0 Å². The SMILES string of the molecule is C#CC(CC)(CC)NC(=O)CN1CC2CNCC2C1. The minimum Gasteiger partial charge on any atom is -0.339 e. The molecule has 0 radical (unpaired) electrons. The van der Waals surface area contributed by atoms with Crippen LogP contribution in [0.2, 0.25) is 0 Å². The third-order valence-corrected chi connectivity index (χ3v) is 4.69. The van der Waals surface area contributed by atoms with E-state index in [4.69, 9.17) is 6.42 Å². The third-order valence-electron chi connectivity index (χ3n) is 4.69. The molecular formula is C15H25N3O. The van der Waals surface area contributed by atoms with Crippen LogP contribution in [0, 0.1) is 24.2 Å². The number of amides is 1. The van der Waals surface area contributed by atoms with Gasteiger partial charge in [0.05, 0.1) is 6.54 Å². The first-order valence-corrected chi connectivity index (χ1v) is 7.34. The Kier molecular flexibility index (Phi) is 4.49. The van der Waals surface area contributed by atoms with E-state index in [0.29, 0.717) is 6.54 Å². The molecule has 2 aliphatic rings. The first kappa shape index (κ1) is 14.4. The van der Waals surface area contributed by atoms with E-state index in [1.54, 1.807) is 0 Å². The molecule has 0 aromatic carbocycles. The van der Waals surface area contributed by atoms with E-state index in [1.807, 2.05) is 13.8 Å². The lowest BCUT2D eigenvalue weighted by molar-refractivity contribution is -0.123. The van der Waals surface area contributed by atoms with E-state index < -0.39 is 5.54 Å². The lowest BCUT2D eigenvalue weighted by atomic mass is 9.94. The molecule has 4 heteroatoms. The number of hydrogen-bond donors (Lipinski definition) is 2. The van der Waals surface area contributed by atoms with Gasteiger partial charge in [-0.25, -0.2) is 0 Å². The molecule has 0 bridgehead atoms. The van der Waals surface area contributed by atoms with Gasteiger partial charge in [-0.2, -0.15) is 0 Å². The molecule has 0 aliphatic carbocycles. The summed E-state index contributed by atoms with van der Waals surface area (Å²) in [6, 6.07) is 0. The van der Waals surface area contributed by atoms with Crippen molar-refractivity contribution in [3.8, 4) is 12.3 Å². The Bertz CT molecular complexity index is 358. The quantitative estimate of drug-likeness (QED) is 0.708. The summed E-state index contributed by atoms with van der Waals surface area (Å²) >= 11 is 0. The van der Waals surface area contributed by atoms with Gasteiger partial charge in [0.1, 0.15) is 5.54 Å². The zero-order valence-corrected chi connectivity index (χ0v) is 12.0. The molecule has 19 heavy (non-hydrogen) atoms. The third kappa shape index (κ3) is 3.10. The number of rotatable bonds is 5. The van der Waals surface area contributed by atoms with Crippen LogP contribution in [0.3, 0.4) is 0 Å². The van der Waals surface area contributed by atoms with Crippen molar-refractivity contribution in [3.05, 3.63) is 0 Å². The Hall–Kier alpha value is -1.05. The highest BCUT2D eigenvalue weighted by Crippen LogP contribution is 2.25. The number of nitrogens with one attached hydrogen (secondary N) is 2. The Labute approximate surface area is 116 Å². The molecule has 2 heterocycles. The predicted molar refractivity (Wildman–Crippen MR) is 76.6 cm³/mol. The van der Waals surface area contributed by atoms with Gasteiger partial charge in [-0.1, -0.05) is 19.8 Å². The molecule has 1 amide bonds. The second-order valence-corrected chi connectivity index (χ2v) is 5.85. The average Bonchev–Trinajstić information content (AvgIpc) is 2.97. The molecular weight excluding hydrogens is 238 g/mol. The highest BCUT2D eigenvalue weighted by Gasteiger charge is 2.37. The molecule has 0 aromatic rings. The summed E-state index contributed by atoms with van der Waals surface area (Å²) in [7, 11) is 0. The lowest BCUT2D eigenvalue weighted by Crippen LogP contribution is -2.50. The van der Waals surface area contributed by atoms with Gasteiger partial charge in [0.2, 0.25) is 5.91 Å². The van der Waals surface area contributed by atoms with Gasteiger partial charge in [-0.3, -0.25) is 9.69 Å². The van der Waals surface area contributed by atoms with Crippen LogP contribution in [0.5, 0.6) is 0 Å². The van der Waals surface area contributed by atoms with Crippen molar-refractivity contribution in [1.82, 2.24) is 15.5 Å². The topological polar surface area (TPSA) is 44.4 Å². The molecule has 2 unspecified atom stereocenters. The van der Waals surface area contributed by atoms with Crippen LogP contribution in [0.1, 0.15) is 26.7 Å². The molecule has 2 fully saturated rings. The van der Waals surface area contributed by atoms with Crippen molar-refractivity contribution in [2.45, 2.75) is 32.2 Å². The molecule has 2 atom stereocenters. The zero-order valence-electron chi connectivity index (χ0n) is 12.0. The summed E-state index contributed by atoms with van der Waals surface area (Å²) in [4.78, 5) is 14.4. The number of fused-ring (bicyclic) bond motifs is 1. The van der Waals surface area contributed by atoms with Crippen molar-refractivity contribution >= 4 is 5.91 Å². The van der Waals surface area contributed by atoms with Gasteiger partial charge in [-0.15, -0.1) is 6.42 Å². The predicted octanol–water partition coefficient (Wildman–Crippen LogP) is 0.446. The van der Waals surface area contributed by atoms with Crippen molar-refractivity contribution < 1.29 is 4.79 Å². The maximum Gasteiger partial charge on any atom is 0.235 e. The van der Waals surface area contributed by atoms with Gasteiger partial charge < -0.3 is 10.6 Å². The normalized spacial score (nSPS) is 27.0. The van der Waals surface area contributed by atoms with E-state index in [1.165, 1.54) is 0 Å². The van der Waals surface area contributed by atoms with Gasteiger partial charge in [-0.05, 0) is 37.8 Å². The largest absolute Gasteiger partial charge is 0.339 e. The fourth-order valence-electron chi connectivity index (χ4n) is 3.26. The molecule has 4 nitrogen and oxygen atoms in total. The van der Waals surface area contributed by atoms with Crippen LogP contribution < -0.4 is 10.6 Å². The van der Waals surface area contributed by atoms with Crippen LogP contribution in [-0.2, 0) is 4.79 Å². The molecule has 2 rings (SSSR count). The number of nitrogens with zero attached hydrogens (tertiary/aromatic N) is 1. The summed E-state index contributed by atoms with van der Waals surface area (Å²) in [6.45, 7) is 8.79. The highest BCUT2D eigenvalue weighted by molar-refractivity contribution is 5.79. The van der Waals surface area contributed by atoms with Crippen LogP contribution in [0.25, 0.3) is 0 Å². The zero-order chi connectivity index (χ0) is 13.9. The van der Waals surface area contributed by atoms with Gasteiger partial charge in [0, 0.05) is 13.1 Å². The summed E-state index contributed by atoms with van der Waals surface area (Å²) in [5.74, 6) is 4.26. The minimum atomic E-state index is -0.464. The fourth-order valence-corrected chi connectivity index (χ4v) is 3.26. The van der Waals surface area contributed by atoms with Crippen molar-refractivity contribution in [2.24, 2.45) is 11.8 Å². The maximum atomic E-state index is 12.1. The van der Waals surface area contributed by atoms with Crippen molar-refractivity contribution in [3.63, 3.8) is 0 Å². The van der Waals surface area contributed by atoms with Crippen LogP contribution in [0.15, 0.2) is 0 Å². The van der Waals surface area contributed by atoms with Gasteiger partial charge >= 0.3 is 0 Å². The molecule has 2 saturated heterocycles. The molecule has 2 aliphatic heterocycles. The number of likely N-dealkylation sites (tertiary alicyclic amines) is 1. The van der Waals surface area contributed by atoms with E-state index in [0.717, 1.165) is 50.9 Å². The second kappa shape index (κ2) is 5.94. The van der Waals surface area contributed by atoms with Gasteiger partial charge in [0.15, 0.2) is 0 Å². The molecule has 2 N–H and O–H groups in total. The molecule has 0 saturated carbocycles. The second-order valence-electron chi connectivity index (χ2n) is 5.85. The maximum absolute atomic E-state index is 12.1. The molecule has 106 valence electrons. The summed E-state index contributed by atoms with van der Waals surface area (Å²) in [5.41, 5.74) is -0.464. The lowest BCUT2D eigenvalue weighted by Gasteiger charge is -2.28. The van der Waals surface area contributed by atoms with Crippen LogP contribution in [0.4, 0.5) is 0 Å². The first-order valence-electron chi connectivity index (χ1n) is 7.34. The average molecular weight is 263 g/mol. The number of hydrogen-bond acceptors (Lipinski definition) is 3. The first-order chi connectivity index (χ1) is 9.12. The van der Waals surface area contributed by atoms with Crippen LogP contribution >= 0.6 is 0 Å². The van der Waals surface area contributed by atoms with E-state index >= 15 is 0 Å². The standard InChI is InChI=1S/C15H25N3O/c1-4-15(5-2,6-3)17-14(19)11-18-9-12-7-16-8-13(12)10-18/h1,12-13,16H,5-11H2,2-3H3,(H,17,19). The Morgan fingerprint density at radius 1 is 1.37 bits per heavy atom. The Morgan fingerprint density at radius 2 is 1.95 bits per heavy atom. The Morgan fingerprint density at radius 3 is 2.42 bits per heavy atom. The van der Waals surface area contributed by atoms with E-state index in [9.17, 15) is 4.79 Å². The highest BCUT2D eigenvalue weighted by atomic mass is 16.2.